The van der Waals surface area contributed by atoms with Crippen molar-refractivity contribution in [2.75, 3.05) is 23.8 Å². The summed E-state index contributed by atoms with van der Waals surface area (Å²) in [6.07, 6.45) is 1.82. The molecule has 4 nitrogen and oxygen atoms in total. The van der Waals surface area contributed by atoms with Crippen molar-refractivity contribution in [3.05, 3.63) is 53.7 Å². The zero-order valence-electron chi connectivity index (χ0n) is 11.8. The van der Waals surface area contributed by atoms with Crippen molar-refractivity contribution in [1.29, 1.82) is 5.26 Å². The van der Waals surface area contributed by atoms with E-state index in [0.29, 0.717) is 5.56 Å². The van der Waals surface area contributed by atoms with E-state index in [0.717, 1.165) is 24.6 Å². The monoisotopic (exact) mass is 266 g/mol. The molecule has 1 N–H and O–H groups in total. The van der Waals surface area contributed by atoms with Gasteiger partial charge in [-0.3, -0.25) is 0 Å². The van der Waals surface area contributed by atoms with Gasteiger partial charge in [0.1, 0.15) is 5.82 Å². The van der Waals surface area contributed by atoms with Crippen LogP contribution in [0.2, 0.25) is 0 Å². The van der Waals surface area contributed by atoms with Gasteiger partial charge in [0.25, 0.3) is 0 Å². The fourth-order valence-electron chi connectivity index (χ4n) is 2.01. The maximum Gasteiger partial charge on any atom is 0.126 e. The van der Waals surface area contributed by atoms with E-state index in [1.807, 2.05) is 43.6 Å². The molecule has 0 atom stereocenters. The Morgan fingerprint density at radius 1 is 1.25 bits per heavy atom. The summed E-state index contributed by atoms with van der Waals surface area (Å²) in [5, 5.41) is 12.0. The van der Waals surface area contributed by atoms with Crippen LogP contribution in [0.4, 0.5) is 11.5 Å². The van der Waals surface area contributed by atoms with E-state index in [1.165, 1.54) is 5.56 Å². The van der Waals surface area contributed by atoms with Crippen molar-refractivity contribution >= 4 is 11.5 Å². The second-order valence-corrected chi connectivity index (χ2v) is 4.59. The Morgan fingerprint density at radius 2 is 2.00 bits per heavy atom. The van der Waals surface area contributed by atoms with E-state index in [-0.39, 0.29) is 0 Å². The molecule has 0 fully saturated rings. The average Bonchev–Trinajstić information content (AvgIpc) is 2.48. The SMILES string of the molecule is CCNc1cc(CN(C)c2ccc(C#N)cc2)ccn1. The van der Waals surface area contributed by atoms with Crippen LogP contribution >= 0.6 is 0 Å². The predicted molar refractivity (Wildman–Crippen MR) is 81.7 cm³/mol. The van der Waals surface area contributed by atoms with Crippen LogP contribution in [0.15, 0.2) is 42.6 Å². The molecular formula is C16H18N4. The molecule has 0 radical (unpaired) electrons. The summed E-state index contributed by atoms with van der Waals surface area (Å²) in [5.41, 5.74) is 2.97. The summed E-state index contributed by atoms with van der Waals surface area (Å²) in [4.78, 5) is 6.41. The lowest BCUT2D eigenvalue weighted by molar-refractivity contribution is 0.919. The molecule has 0 amide bonds. The third-order valence-corrected chi connectivity index (χ3v) is 3.04. The summed E-state index contributed by atoms with van der Waals surface area (Å²) in [6, 6.07) is 13.8. The maximum absolute atomic E-state index is 8.81. The van der Waals surface area contributed by atoms with E-state index in [9.17, 15) is 0 Å². The van der Waals surface area contributed by atoms with Gasteiger partial charge in [-0.25, -0.2) is 4.98 Å². The number of rotatable bonds is 5. The second kappa shape index (κ2) is 6.58. The molecule has 2 aromatic rings. The Hall–Kier alpha value is -2.54. The first-order valence-electron chi connectivity index (χ1n) is 6.63. The van der Waals surface area contributed by atoms with Crippen molar-refractivity contribution in [3.63, 3.8) is 0 Å². The van der Waals surface area contributed by atoms with Gasteiger partial charge in [0.2, 0.25) is 0 Å². The molecule has 0 unspecified atom stereocenters. The largest absolute Gasteiger partial charge is 0.370 e. The minimum Gasteiger partial charge on any atom is -0.370 e. The van der Waals surface area contributed by atoms with Crippen LogP contribution in [0.25, 0.3) is 0 Å². The Kier molecular flexibility index (Phi) is 4.56. The van der Waals surface area contributed by atoms with Crippen LogP contribution in [-0.2, 0) is 6.54 Å². The number of nitrogens with one attached hydrogen (secondary N) is 1. The number of anilines is 2. The normalized spacial score (nSPS) is 9.85. The third-order valence-electron chi connectivity index (χ3n) is 3.04. The lowest BCUT2D eigenvalue weighted by Gasteiger charge is -2.19. The topological polar surface area (TPSA) is 52.0 Å². The molecule has 1 aromatic carbocycles. The fourth-order valence-corrected chi connectivity index (χ4v) is 2.01. The molecule has 4 heteroatoms. The van der Waals surface area contributed by atoms with Crippen LogP contribution in [0, 0.1) is 11.3 Å². The lowest BCUT2D eigenvalue weighted by Crippen LogP contribution is -2.16. The Morgan fingerprint density at radius 3 is 2.65 bits per heavy atom. The summed E-state index contributed by atoms with van der Waals surface area (Å²) in [6.45, 7) is 3.71. The Balaban J connectivity index is 2.08. The van der Waals surface area contributed by atoms with E-state index >= 15 is 0 Å². The number of hydrogen-bond donors (Lipinski definition) is 1. The first-order chi connectivity index (χ1) is 9.72. The first kappa shape index (κ1) is 13.9. The molecule has 20 heavy (non-hydrogen) atoms. The summed E-state index contributed by atoms with van der Waals surface area (Å²) >= 11 is 0. The molecule has 1 aromatic heterocycles. The van der Waals surface area contributed by atoms with Gasteiger partial charge in [-0.1, -0.05) is 0 Å². The van der Waals surface area contributed by atoms with E-state index in [4.69, 9.17) is 5.26 Å². The maximum atomic E-state index is 8.81. The third kappa shape index (κ3) is 3.48. The minimum atomic E-state index is 0.681. The van der Waals surface area contributed by atoms with Gasteiger partial charge in [0.15, 0.2) is 0 Å². The number of hydrogen-bond acceptors (Lipinski definition) is 4. The number of pyridine rings is 1. The highest BCUT2D eigenvalue weighted by Crippen LogP contribution is 2.17. The predicted octanol–water partition coefficient (Wildman–Crippen LogP) is 3.02. The van der Waals surface area contributed by atoms with Gasteiger partial charge >= 0.3 is 0 Å². The molecule has 0 aliphatic carbocycles. The highest BCUT2D eigenvalue weighted by Gasteiger charge is 2.03. The van der Waals surface area contributed by atoms with Crippen molar-refractivity contribution in [1.82, 2.24) is 4.98 Å². The molecule has 1 heterocycles. The zero-order chi connectivity index (χ0) is 14.4. The Bertz CT molecular complexity index is 599. The van der Waals surface area contributed by atoms with Gasteiger partial charge in [-0.2, -0.15) is 5.26 Å². The van der Waals surface area contributed by atoms with Crippen LogP contribution in [0.1, 0.15) is 18.1 Å². The van der Waals surface area contributed by atoms with Crippen LogP contribution in [0.5, 0.6) is 0 Å². The number of nitriles is 1. The molecule has 0 spiro atoms. The lowest BCUT2D eigenvalue weighted by atomic mass is 10.2. The smallest absolute Gasteiger partial charge is 0.126 e. The van der Waals surface area contributed by atoms with Gasteiger partial charge in [-0.05, 0) is 48.9 Å². The van der Waals surface area contributed by atoms with Crippen LogP contribution < -0.4 is 10.2 Å². The standard InChI is InChI=1S/C16H18N4/c1-3-18-16-10-14(8-9-19-16)12-20(2)15-6-4-13(11-17)5-7-15/h4-10H,3,12H2,1-2H3,(H,18,19). The molecule has 102 valence electrons. The number of nitrogens with zero attached hydrogens (tertiary/aromatic N) is 3. The van der Waals surface area contributed by atoms with Crippen LogP contribution in [-0.4, -0.2) is 18.6 Å². The van der Waals surface area contributed by atoms with E-state index < -0.39 is 0 Å². The molecule has 2 rings (SSSR count). The number of aromatic nitrogens is 1. The molecule has 0 saturated carbocycles. The van der Waals surface area contributed by atoms with Crippen molar-refractivity contribution in [3.8, 4) is 6.07 Å². The summed E-state index contributed by atoms with van der Waals surface area (Å²) in [7, 11) is 2.04. The minimum absolute atomic E-state index is 0.681. The fraction of sp³-hybridized carbons (Fsp3) is 0.250. The van der Waals surface area contributed by atoms with Crippen molar-refractivity contribution < 1.29 is 0 Å². The van der Waals surface area contributed by atoms with Crippen LogP contribution in [0.3, 0.4) is 0 Å². The van der Waals surface area contributed by atoms with Gasteiger partial charge in [0.05, 0.1) is 11.6 Å². The average molecular weight is 266 g/mol. The van der Waals surface area contributed by atoms with Gasteiger partial charge < -0.3 is 10.2 Å². The first-order valence-corrected chi connectivity index (χ1v) is 6.63. The second-order valence-electron chi connectivity index (χ2n) is 4.59. The van der Waals surface area contributed by atoms with Crippen molar-refractivity contribution in [2.24, 2.45) is 0 Å². The highest BCUT2D eigenvalue weighted by atomic mass is 15.1. The summed E-state index contributed by atoms with van der Waals surface area (Å²) in [5.74, 6) is 0.901. The van der Waals surface area contributed by atoms with Crippen molar-refractivity contribution in [2.45, 2.75) is 13.5 Å². The molecule has 0 bridgehead atoms. The number of benzene rings is 1. The van der Waals surface area contributed by atoms with E-state index in [1.54, 1.807) is 0 Å². The molecule has 0 aliphatic heterocycles. The van der Waals surface area contributed by atoms with E-state index in [2.05, 4.69) is 34.3 Å². The Labute approximate surface area is 119 Å². The van der Waals surface area contributed by atoms with Gasteiger partial charge in [-0.15, -0.1) is 0 Å². The molecule has 0 aliphatic rings. The molecular weight excluding hydrogens is 248 g/mol. The molecule has 0 saturated heterocycles. The zero-order valence-corrected chi connectivity index (χ0v) is 11.8. The summed E-state index contributed by atoms with van der Waals surface area (Å²) < 4.78 is 0. The van der Waals surface area contributed by atoms with Gasteiger partial charge in [0, 0.05) is 32.0 Å². The highest BCUT2D eigenvalue weighted by molar-refractivity contribution is 5.50. The quantitative estimate of drug-likeness (QED) is 0.903.